The van der Waals surface area contributed by atoms with Crippen LogP contribution >= 0.6 is 7.92 Å². The van der Waals surface area contributed by atoms with Crippen LogP contribution in [0, 0.1) is 27.7 Å². The van der Waals surface area contributed by atoms with Crippen molar-refractivity contribution in [3.63, 3.8) is 0 Å². The van der Waals surface area contributed by atoms with Crippen molar-refractivity contribution < 1.29 is 14.3 Å². The normalized spacial score (nSPS) is 16.3. The van der Waals surface area contributed by atoms with E-state index in [1.165, 1.54) is 94.3 Å². The molecule has 2 unspecified atom stereocenters. The molecule has 0 radical (unpaired) electrons. The molecule has 2 atom stereocenters. The van der Waals surface area contributed by atoms with Crippen LogP contribution in [0.4, 0.5) is 0 Å². The second kappa shape index (κ2) is 20.7. The Labute approximate surface area is 415 Å². The van der Waals surface area contributed by atoms with E-state index in [-0.39, 0.29) is 35.0 Å². The van der Waals surface area contributed by atoms with Gasteiger partial charge in [0, 0.05) is 35.3 Å². The van der Waals surface area contributed by atoms with Crippen LogP contribution in [0.1, 0.15) is 159 Å². The van der Waals surface area contributed by atoms with Crippen molar-refractivity contribution in [2.45, 2.75) is 131 Å². The predicted molar refractivity (Wildman–Crippen MR) is 296 cm³/mol. The summed E-state index contributed by atoms with van der Waals surface area (Å²) in [6.45, 7) is 27.9. The van der Waals surface area contributed by atoms with Crippen LogP contribution in [-0.2, 0) is 4.79 Å². The van der Waals surface area contributed by atoms with Gasteiger partial charge in [-0.3, -0.25) is 4.79 Å². The lowest BCUT2D eigenvalue weighted by Crippen LogP contribution is -2.28. The predicted octanol–water partition coefficient (Wildman–Crippen LogP) is 18.1. The van der Waals surface area contributed by atoms with E-state index < -0.39 is 7.92 Å². The Kier molecular flexibility index (Phi) is 14.9. The van der Waals surface area contributed by atoms with Crippen LogP contribution in [0.5, 0.6) is 11.5 Å². The van der Waals surface area contributed by atoms with Gasteiger partial charge in [-0.25, -0.2) is 0 Å². The quantitative estimate of drug-likeness (QED) is 0.108. The van der Waals surface area contributed by atoms with Gasteiger partial charge in [-0.1, -0.05) is 179 Å². The van der Waals surface area contributed by atoms with Crippen molar-refractivity contribution in [3.8, 4) is 56.0 Å². The topological polar surface area (TPSA) is 35.5 Å². The molecule has 0 saturated carbocycles. The molecular formula is C65H73O3P. The molecule has 0 aliphatic carbocycles. The van der Waals surface area contributed by atoms with Gasteiger partial charge in [0.2, 0.25) is 0 Å². The summed E-state index contributed by atoms with van der Waals surface area (Å²) in [6, 6.07) is 47.3. The first-order valence-electron chi connectivity index (χ1n) is 25.2. The minimum Gasteiger partial charge on any atom is -0.496 e. The van der Waals surface area contributed by atoms with Gasteiger partial charge in [-0.15, -0.1) is 0 Å². The maximum atomic E-state index is 14.8. The Balaban J connectivity index is 1.59. The Hall–Kier alpha value is -5.76. The molecule has 0 spiro atoms. The van der Waals surface area contributed by atoms with Crippen molar-refractivity contribution in [2.24, 2.45) is 0 Å². The SMILES string of the molecule is COc1ccccc1-c1cc(C(C)C)c(-c2cccc(-c3c(C(C)C)cc(-c4ccccc4OC)cc3C(C)C)c2P2C(c3c(C)cccc3C)CC(=O)CC2c2c(C)cccc2C)c(C(C)C)c1. The molecule has 1 fully saturated rings. The molecule has 1 heterocycles. The first-order valence-corrected chi connectivity index (χ1v) is 26.7. The van der Waals surface area contributed by atoms with Crippen molar-refractivity contribution in [3.05, 3.63) is 183 Å². The van der Waals surface area contributed by atoms with Crippen LogP contribution in [0.2, 0.25) is 0 Å². The molecular weight excluding hydrogens is 860 g/mol. The van der Waals surface area contributed by atoms with Gasteiger partial charge in [-0.05, 0) is 158 Å². The van der Waals surface area contributed by atoms with E-state index in [4.69, 9.17) is 9.47 Å². The maximum absolute atomic E-state index is 14.8. The number of carbonyl (C=O) groups is 1. The number of aryl methyl sites for hydroxylation is 4. The monoisotopic (exact) mass is 933 g/mol. The van der Waals surface area contributed by atoms with E-state index in [0.717, 1.165) is 22.6 Å². The van der Waals surface area contributed by atoms with Crippen LogP contribution in [-0.4, -0.2) is 20.0 Å². The average Bonchev–Trinajstić information content (AvgIpc) is 3.32. The second-order valence-electron chi connectivity index (χ2n) is 20.8. The lowest BCUT2D eigenvalue weighted by molar-refractivity contribution is -0.119. The Morgan fingerprint density at radius 1 is 0.435 bits per heavy atom. The van der Waals surface area contributed by atoms with Gasteiger partial charge in [-0.2, -0.15) is 0 Å². The standard InChI is InChI=1S/C65H73O3P/c1-38(2)53-32-46(49-26-15-17-30-57(49)67-13)33-54(39(3)4)63(53)51-28-21-29-52(64-55(40(5)6)34-47(35-56(64)41(7)8)50-27-16-18-31-58(50)68-14)65(51)69-59(61-42(9)22-19-23-43(61)10)36-48(66)37-60(69)62-44(11)24-20-25-45(62)12/h15-35,38-41,59-60H,36-37H2,1-14H3. The first kappa shape index (κ1) is 49.7. The molecule has 356 valence electrons. The molecule has 0 N–H and O–H groups in total. The number of hydrogen-bond donors (Lipinski definition) is 0. The number of ether oxygens (including phenoxy) is 2. The zero-order valence-corrected chi connectivity index (χ0v) is 44.6. The van der Waals surface area contributed by atoms with E-state index in [1.807, 2.05) is 0 Å². The third-order valence-corrected chi connectivity index (χ3v) is 18.0. The van der Waals surface area contributed by atoms with Gasteiger partial charge in [0.05, 0.1) is 14.2 Å². The molecule has 4 heteroatoms. The van der Waals surface area contributed by atoms with Gasteiger partial charge in [0.25, 0.3) is 0 Å². The molecule has 8 rings (SSSR count). The lowest BCUT2D eigenvalue weighted by Gasteiger charge is -2.43. The Morgan fingerprint density at radius 3 is 1.06 bits per heavy atom. The highest BCUT2D eigenvalue weighted by Crippen LogP contribution is 2.70. The number of benzene rings is 7. The van der Waals surface area contributed by atoms with E-state index in [2.05, 4.69) is 210 Å². The summed E-state index contributed by atoms with van der Waals surface area (Å²) in [5.74, 6) is 2.96. The zero-order valence-electron chi connectivity index (χ0n) is 43.7. The van der Waals surface area contributed by atoms with E-state index >= 15 is 0 Å². The number of methoxy groups -OCH3 is 2. The highest BCUT2D eigenvalue weighted by molar-refractivity contribution is 7.67. The Morgan fingerprint density at radius 2 is 0.739 bits per heavy atom. The third-order valence-electron chi connectivity index (χ3n) is 14.8. The van der Waals surface area contributed by atoms with Crippen LogP contribution in [0.3, 0.4) is 0 Å². The number of rotatable bonds is 13. The molecule has 1 aliphatic rings. The van der Waals surface area contributed by atoms with Gasteiger partial charge < -0.3 is 9.47 Å². The molecule has 3 nitrogen and oxygen atoms in total. The average molecular weight is 933 g/mol. The van der Waals surface area contributed by atoms with E-state index in [9.17, 15) is 4.79 Å². The zero-order chi connectivity index (χ0) is 49.4. The fraction of sp³-hybridized carbons (Fsp3) is 0.338. The highest BCUT2D eigenvalue weighted by Gasteiger charge is 2.44. The number of carbonyl (C=O) groups excluding carboxylic acids is 1. The van der Waals surface area contributed by atoms with Crippen molar-refractivity contribution in [2.75, 3.05) is 14.2 Å². The first-order chi connectivity index (χ1) is 33.1. The molecule has 0 bridgehead atoms. The van der Waals surface area contributed by atoms with E-state index in [1.54, 1.807) is 14.2 Å². The van der Waals surface area contributed by atoms with E-state index in [0.29, 0.717) is 18.6 Å². The van der Waals surface area contributed by atoms with Gasteiger partial charge in [0.1, 0.15) is 17.3 Å². The van der Waals surface area contributed by atoms with Gasteiger partial charge in [0.15, 0.2) is 0 Å². The minimum atomic E-state index is -1.13. The molecule has 1 aliphatic heterocycles. The molecule has 69 heavy (non-hydrogen) atoms. The summed E-state index contributed by atoms with van der Waals surface area (Å²) in [7, 11) is 2.41. The summed E-state index contributed by atoms with van der Waals surface area (Å²) in [4.78, 5) is 14.8. The third kappa shape index (κ3) is 9.49. The van der Waals surface area contributed by atoms with Crippen molar-refractivity contribution in [1.29, 1.82) is 0 Å². The Bertz CT molecular complexity index is 2730. The summed E-state index contributed by atoms with van der Waals surface area (Å²) in [5, 5.41) is 1.42. The van der Waals surface area contributed by atoms with Crippen molar-refractivity contribution >= 4 is 19.0 Å². The highest BCUT2D eigenvalue weighted by atomic mass is 31.1. The summed E-state index contributed by atoms with van der Waals surface area (Å²) >= 11 is 0. The number of hydrogen-bond acceptors (Lipinski definition) is 3. The fourth-order valence-electron chi connectivity index (χ4n) is 11.5. The summed E-state index contributed by atoms with van der Waals surface area (Å²) in [6.07, 6.45) is 1.04. The minimum absolute atomic E-state index is 0.00191. The maximum Gasteiger partial charge on any atom is 0.134 e. The number of para-hydroxylation sites is 2. The lowest BCUT2D eigenvalue weighted by atomic mass is 9.79. The molecule has 0 amide bonds. The summed E-state index contributed by atoms with van der Waals surface area (Å²) in [5.41, 5.74) is 22.9. The van der Waals surface area contributed by atoms with Gasteiger partial charge >= 0.3 is 0 Å². The number of Topliss-reactive ketones (excluding diaryl/α,β-unsaturated/α-hetero) is 1. The smallest absolute Gasteiger partial charge is 0.134 e. The van der Waals surface area contributed by atoms with Crippen LogP contribution < -0.4 is 14.8 Å². The molecule has 0 aromatic heterocycles. The second-order valence-corrected chi connectivity index (χ2v) is 23.3. The molecule has 1 saturated heterocycles. The van der Waals surface area contributed by atoms with Crippen molar-refractivity contribution in [1.82, 2.24) is 0 Å². The fourth-order valence-corrected chi connectivity index (χ4v) is 15.7. The largest absolute Gasteiger partial charge is 0.496 e. The number of ketones is 1. The van der Waals surface area contributed by atoms with Crippen LogP contribution in [0.25, 0.3) is 44.5 Å². The molecule has 7 aromatic rings. The summed E-state index contributed by atoms with van der Waals surface area (Å²) < 4.78 is 12.0. The molecule has 7 aromatic carbocycles. The van der Waals surface area contributed by atoms with Crippen LogP contribution in [0.15, 0.2) is 127 Å².